The van der Waals surface area contributed by atoms with Gasteiger partial charge in [0.25, 0.3) is 0 Å². The Bertz CT molecular complexity index is 282. The zero-order chi connectivity index (χ0) is 12.3. The van der Waals surface area contributed by atoms with E-state index in [-0.39, 0.29) is 0 Å². The first kappa shape index (κ1) is 15.9. The van der Waals surface area contributed by atoms with Crippen LogP contribution in [0.3, 0.4) is 0 Å². The third-order valence-electron chi connectivity index (χ3n) is 1.80. The topological polar surface area (TPSA) is 29.1 Å². The lowest BCUT2D eigenvalue weighted by Crippen LogP contribution is -1.89. The lowest BCUT2D eigenvalue weighted by atomic mass is 10.1. The molecule has 0 heterocycles. The van der Waals surface area contributed by atoms with E-state index >= 15 is 0 Å². The number of hydrogen-bond donors (Lipinski definition) is 1. The van der Waals surface area contributed by atoms with E-state index in [0.717, 1.165) is 6.29 Å². The van der Waals surface area contributed by atoms with E-state index in [9.17, 15) is 0 Å². The maximum absolute atomic E-state index is 8.81. The van der Waals surface area contributed by atoms with Crippen molar-refractivity contribution in [1.82, 2.24) is 0 Å². The molecule has 0 atom stereocenters. The van der Waals surface area contributed by atoms with E-state index in [2.05, 4.69) is 50.5 Å². The van der Waals surface area contributed by atoms with Gasteiger partial charge >= 0.3 is 0 Å². The molecular weight excluding hydrogens is 186 g/mol. The summed E-state index contributed by atoms with van der Waals surface area (Å²) in [4.78, 5) is 8.81. The highest BCUT2D eigenvalue weighted by atomic mass is 16.1. The molecule has 0 aliphatic heterocycles. The summed E-state index contributed by atoms with van der Waals surface area (Å²) in [6, 6.07) is 6.36. The van der Waals surface area contributed by atoms with Gasteiger partial charge in [-0.3, -0.25) is 0 Å². The lowest BCUT2D eigenvalue weighted by Gasteiger charge is -2.02. The Morgan fingerprint density at radius 2 is 1.67 bits per heavy atom. The van der Waals surface area contributed by atoms with Crippen LogP contribution in [0.5, 0.6) is 0 Å². The quantitative estimate of drug-likeness (QED) is 0.565. The zero-order valence-corrected chi connectivity index (χ0v) is 10.1. The van der Waals surface area contributed by atoms with Crippen molar-refractivity contribution in [3.05, 3.63) is 42.5 Å². The number of benzene rings is 1. The Labute approximate surface area is 93.0 Å². The van der Waals surface area contributed by atoms with Gasteiger partial charge in [0.15, 0.2) is 0 Å². The highest BCUT2D eigenvalue weighted by Gasteiger charge is 1.91. The molecule has 0 bridgehead atoms. The predicted octanol–water partition coefficient (Wildman–Crippen LogP) is 3.35. The maximum atomic E-state index is 8.81. The van der Waals surface area contributed by atoms with Crippen molar-refractivity contribution in [2.45, 2.75) is 20.8 Å². The molecule has 1 aromatic carbocycles. The van der Waals surface area contributed by atoms with Crippen molar-refractivity contribution >= 4 is 12.0 Å². The standard InChI is InChI=1S/C9H13N.C2H4O.C2H4/c1-7-4-5-9(10-3)6-8(7)2;1-2-3;1-2/h4-6,10H,1-3H3;2H,1H3;1-2H2. The Morgan fingerprint density at radius 3 is 2.00 bits per heavy atom. The minimum absolute atomic E-state index is 0.750. The van der Waals surface area contributed by atoms with Gasteiger partial charge in [-0.05, 0) is 44.0 Å². The van der Waals surface area contributed by atoms with Crippen LogP contribution in [0.2, 0.25) is 0 Å². The number of nitrogens with one attached hydrogen (secondary N) is 1. The van der Waals surface area contributed by atoms with Gasteiger partial charge in [-0.25, -0.2) is 0 Å². The van der Waals surface area contributed by atoms with Crippen LogP contribution in [0.25, 0.3) is 0 Å². The van der Waals surface area contributed by atoms with Gasteiger partial charge in [0.05, 0.1) is 0 Å². The summed E-state index contributed by atoms with van der Waals surface area (Å²) in [5, 5.41) is 3.10. The van der Waals surface area contributed by atoms with Gasteiger partial charge in [0.1, 0.15) is 6.29 Å². The van der Waals surface area contributed by atoms with Crippen LogP contribution < -0.4 is 5.32 Å². The summed E-state index contributed by atoms with van der Waals surface area (Å²) in [7, 11) is 1.93. The summed E-state index contributed by atoms with van der Waals surface area (Å²) in [5.74, 6) is 0. The van der Waals surface area contributed by atoms with E-state index in [1.807, 2.05) is 7.05 Å². The molecule has 0 radical (unpaired) electrons. The minimum Gasteiger partial charge on any atom is -0.388 e. The van der Waals surface area contributed by atoms with Crippen LogP contribution >= 0.6 is 0 Å². The van der Waals surface area contributed by atoms with Crippen LogP contribution in [-0.2, 0) is 4.79 Å². The number of hydrogen-bond acceptors (Lipinski definition) is 2. The SMILES string of the molecule is C=C.CC=O.CNc1ccc(C)c(C)c1. The normalized spacial score (nSPS) is 7.47. The average Bonchev–Trinajstić information content (AvgIpc) is 2.26. The van der Waals surface area contributed by atoms with E-state index < -0.39 is 0 Å². The summed E-state index contributed by atoms with van der Waals surface area (Å²) in [6.45, 7) is 11.7. The second kappa shape index (κ2) is 10.5. The van der Waals surface area contributed by atoms with Crippen molar-refractivity contribution in [2.24, 2.45) is 0 Å². The zero-order valence-electron chi connectivity index (χ0n) is 10.1. The van der Waals surface area contributed by atoms with Crippen LogP contribution in [-0.4, -0.2) is 13.3 Å². The molecule has 15 heavy (non-hydrogen) atoms. The first-order chi connectivity index (χ1) is 7.15. The molecule has 0 aliphatic rings. The fraction of sp³-hybridized carbons (Fsp3) is 0.308. The maximum Gasteiger partial charge on any atom is 0.116 e. The molecule has 0 aliphatic carbocycles. The minimum atomic E-state index is 0.750. The Hall–Kier alpha value is -1.57. The van der Waals surface area contributed by atoms with Gasteiger partial charge in [0, 0.05) is 12.7 Å². The molecule has 1 N–H and O–H groups in total. The van der Waals surface area contributed by atoms with Gasteiger partial charge in [0.2, 0.25) is 0 Å². The molecule has 0 amide bonds. The summed E-state index contributed by atoms with van der Waals surface area (Å²) >= 11 is 0. The molecule has 0 aromatic heterocycles. The van der Waals surface area contributed by atoms with Crippen LogP contribution in [0.4, 0.5) is 5.69 Å². The van der Waals surface area contributed by atoms with Gasteiger partial charge in [-0.2, -0.15) is 0 Å². The predicted molar refractivity (Wildman–Crippen MR) is 68.5 cm³/mol. The van der Waals surface area contributed by atoms with E-state index in [1.165, 1.54) is 23.7 Å². The fourth-order valence-corrected chi connectivity index (χ4v) is 0.897. The molecule has 0 unspecified atom stereocenters. The molecule has 1 rings (SSSR count). The van der Waals surface area contributed by atoms with Crippen molar-refractivity contribution in [1.29, 1.82) is 0 Å². The van der Waals surface area contributed by atoms with Crippen molar-refractivity contribution in [2.75, 3.05) is 12.4 Å². The molecule has 0 fully saturated rings. The van der Waals surface area contributed by atoms with Gasteiger partial charge < -0.3 is 10.1 Å². The van der Waals surface area contributed by atoms with Gasteiger partial charge in [-0.15, -0.1) is 13.2 Å². The number of carbonyl (C=O) groups excluding carboxylic acids is 1. The van der Waals surface area contributed by atoms with E-state index in [1.54, 1.807) is 0 Å². The number of anilines is 1. The summed E-state index contributed by atoms with van der Waals surface area (Å²) in [6.07, 6.45) is 0.750. The number of aldehydes is 1. The second-order valence-corrected chi connectivity index (χ2v) is 2.78. The third-order valence-corrected chi connectivity index (χ3v) is 1.80. The van der Waals surface area contributed by atoms with Crippen LogP contribution in [0.1, 0.15) is 18.1 Å². The largest absolute Gasteiger partial charge is 0.388 e. The molecule has 0 saturated carbocycles. The smallest absolute Gasteiger partial charge is 0.116 e. The highest BCUT2D eigenvalue weighted by molar-refractivity contribution is 5.47. The monoisotopic (exact) mass is 207 g/mol. The molecule has 1 aromatic rings. The fourth-order valence-electron chi connectivity index (χ4n) is 0.897. The summed E-state index contributed by atoms with van der Waals surface area (Å²) in [5.41, 5.74) is 3.87. The second-order valence-electron chi connectivity index (χ2n) is 2.78. The van der Waals surface area contributed by atoms with E-state index in [4.69, 9.17) is 4.79 Å². The van der Waals surface area contributed by atoms with Gasteiger partial charge in [-0.1, -0.05) is 6.07 Å². The molecule has 84 valence electrons. The van der Waals surface area contributed by atoms with Crippen LogP contribution in [0.15, 0.2) is 31.4 Å². The molecular formula is C13H21NO. The lowest BCUT2D eigenvalue weighted by molar-refractivity contribution is -0.106. The molecule has 0 saturated heterocycles. The Morgan fingerprint density at radius 1 is 1.20 bits per heavy atom. The first-order valence-corrected chi connectivity index (χ1v) is 4.80. The first-order valence-electron chi connectivity index (χ1n) is 4.80. The third kappa shape index (κ3) is 7.50. The molecule has 2 heteroatoms. The number of rotatable bonds is 1. The van der Waals surface area contributed by atoms with Crippen molar-refractivity contribution in [3.63, 3.8) is 0 Å². The summed E-state index contributed by atoms with van der Waals surface area (Å²) < 4.78 is 0. The average molecular weight is 207 g/mol. The van der Waals surface area contributed by atoms with E-state index in [0.29, 0.717) is 0 Å². The van der Waals surface area contributed by atoms with Crippen molar-refractivity contribution in [3.8, 4) is 0 Å². The number of carbonyl (C=O) groups is 1. The highest BCUT2D eigenvalue weighted by Crippen LogP contribution is 2.12. The number of aryl methyl sites for hydroxylation is 2. The van der Waals surface area contributed by atoms with Crippen molar-refractivity contribution < 1.29 is 4.79 Å². The van der Waals surface area contributed by atoms with Crippen LogP contribution in [0, 0.1) is 13.8 Å². The molecule has 2 nitrogen and oxygen atoms in total. The Balaban J connectivity index is 0. The molecule has 0 spiro atoms. The Kier molecular flexibility index (Phi) is 11.1.